The second kappa shape index (κ2) is 6.50. The van der Waals surface area contributed by atoms with Gasteiger partial charge in [0.25, 0.3) is 0 Å². The van der Waals surface area contributed by atoms with Gasteiger partial charge < -0.3 is 10.0 Å². The Morgan fingerprint density at radius 3 is 2.45 bits per heavy atom. The highest BCUT2D eigenvalue weighted by molar-refractivity contribution is 5.86. The first kappa shape index (κ1) is 16.5. The normalized spacial score (nSPS) is 16.8. The van der Waals surface area contributed by atoms with E-state index in [4.69, 9.17) is 5.11 Å². The number of likely N-dealkylation sites (tertiary alicyclic amines) is 1. The summed E-state index contributed by atoms with van der Waals surface area (Å²) < 4.78 is 1.72. The van der Waals surface area contributed by atoms with Crippen LogP contribution in [0.4, 0.5) is 0 Å². The molecule has 0 unspecified atom stereocenters. The number of nitrogens with zero attached hydrogens (tertiary/aromatic N) is 3. The van der Waals surface area contributed by atoms with Crippen molar-refractivity contribution in [2.24, 2.45) is 5.41 Å². The summed E-state index contributed by atoms with van der Waals surface area (Å²) in [5.74, 6) is -0.735. The van der Waals surface area contributed by atoms with E-state index in [0.29, 0.717) is 6.42 Å². The molecule has 6 nitrogen and oxygen atoms in total. The fourth-order valence-corrected chi connectivity index (χ4v) is 2.67. The summed E-state index contributed by atoms with van der Waals surface area (Å²) in [7, 11) is 0. The third-order valence-corrected chi connectivity index (χ3v) is 4.13. The third-order valence-electron chi connectivity index (χ3n) is 4.13. The van der Waals surface area contributed by atoms with E-state index in [0.717, 1.165) is 32.4 Å². The highest BCUT2D eigenvalue weighted by atomic mass is 16.4. The number of carbonyl (C=O) groups excluding carboxylic acids is 1. The third kappa shape index (κ3) is 4.32. The van der Waals surface area contributed by atoms with Gasteiger partial charge in [0.2, 0.25) is 5.91 Å². The molecule has 1 N–H and O–H groups in total. The number of carboxylic acid groups (broad SMARTS) is 1. The summed E-state index contributed by atoms with van der Waals surface area (Å²) in [5.41, 5.74) is 0.389. The van der Waals surface area contributed by atoms with E-state index in [2.05, 4.69) is 25.9 Å². The number of amides is 1. The molecule has 1 aromatic rings. The predicted octanol–water partition coefficient (Wildman–Crippen LogP) is 2.57. The molecule has 0 bridgehead atoms. The van der Waals surface area contributed by atoms with Crippen LogP contribution in [-0.2, 0) is 4.79 Å². The van der Waals surface area contributed by atoms with Crippen molar-refractivity contribution >= 4 is 11.9 Å². The van der Waals surface area contributed by atoms with E-state index in [9.17, 15) is 9.59 Å². The molecule has 0 spiro atoms. The number of carboxylic acids is 1. The van der Waals surface area contributed by atoms with Crippen molar-refractivity contribution < 1.29 is 14.7 Å². The lowest BCUT2D eigenvalue weighted by molar-refractivity contribution is -0.133. The highest BCUT2D eigenvalue weighted by Gasteiger charge is 2.25. The molecule has 1 aliphatic rings. The highest BCUT2D eigenvalue weighted by Crippen LogP contribution is 2.25. The number of rotatable bonds is 4. The lowest BCUT2D eigenvalue weighted by atomic mass is 9.90. The second-order valence-corrected chi connectivity index (χ2v) is 7.19. The molecule has 1 amide bonds. The van der Waals surface area contributed by atoms with Crippen molar-refractivity contribution in [2.75, 3.05) is 13.1 Å². The number of piperidine rings is 1. The first-order chi connectivity index (χ1) is 10.3. The Morgan fingerprint density at radius 2 is 1.95 bits per heavy atom. The maximum Gasteiger partial charge on any atom is 0.338 e. The molecule has 1 saturated heterocycles. The average molecular weight is 307 g/mol. The van der Waals surface area contributed by atoms with Crippen molar-refractivity contribution in [1.29, 1.82) is 0 Å². The van der Waals surface area contributed by atoms with E-state index in [1.54, 1.807) is 10.9 Å². The maximum atomic E-state index is 12.2. The van der Waals surface area contributed by atoms with Crippen LogP contribution in [0, 0.1) is 5.41 Å². The van der Waals surface area contributed by atoms with Gasteiger partial charge in [-0.15, -0.1) is 0 Å². The van der Waals surface area contributed by atoms with E-state index in [1.165, 1.54) is 6.20 Å². The van der Waals surface area contributed by atoms with Crippen molar-refractivity contribution in [3.05, 3.63) is 18.0 Å². The van der Waals surface area contributed by atoms with Crippen molar-refractivity contribution in [3.63, 3.8) is 0 Å². The van der Waals surface area contributed by atoms with E-state index >= 15 is 0 Å². The number of carbonyl (C=O) groups is 2. The van der Waals surface area contributed by atoms with Crippen LogP contribution in [0.25, 0.3) is 0 Å². The van der Waals surface area contributed by atoms with Crippen molar-refractivity contribution in [2.45, 2.75) is 52.5 Å². The van der Waals surface area contributed by atoms with Gasteiger partial charge in [-0.05, 0) is 24.7 Å². The van der Waals surface area contributed by atoms with Gasteiger partial charge in [-0.25, -0.2) is 4.79 Å². The van der Waals surface area contributed by atoms with Gasteiger partial charge in [0.15, 0.2) is 0 Å². The summed E-state index contributed by atoms with van der Waals surface area (Å²) >= 11 is 0. The fraction of sp³-hybridized carbons (Fsp3) is 0.688. The molecule has 0 aliphatic carbocycles. The molecular formula is C16H25N3O3. The van der Waals surface area contributed by atoms with Crippen LogP contribution in [0.3, 0.4) is 0 Å². The Kier molecular flexibility index (Phi) is 4.88. The van der Waals surface area contributed by atoms with Gasteiger partial charge in [-0.3, -0.25) is 9.48 Å². The minimum absolute atomic E-state index is 0.177. The molecule has 1 aliphatic heterocycles. The first-order valence-electron chi connectivity index (χ1n) is 7.81. The zero-order valence-electron chi connectivity index (χ0n) is 13.6. The van der Waals surface area contributed by atoms with Crippen LogP contribution in [-0.4, -0.2) is 44.8 Å². The van der Waals surface area contributed by atoms with E-state index in [-0.39, 0.29) is 22.9 Å². The van der Waals surface area contributed by atoms with Gasteiger partial charge in [-0.1, -0.05) is 20.8 Å². The predicted molar refractivity (Wildman–Crippen MR) is 82.7 cm³/mol. The van der Waals surface area contributed by atoms with Crippen LogP contribution in [0.1, 0.15) is 62.9 Å². The minimum Gasteiger partial charge on any atom is -0.478 e. The second-order valence-electron chi connectivity index (χ2n) is 7.19. The van der Waals surface area contributed by atoms with Gasteiger partial charge in [-0.2, -0.15) is 5.10 Å². The average Bonchev–Trinajstić information content (AvgIpc) is 2.94. The van der Waals surface area contributed by atoms with Crippen LogP contribution in [0.5, 0.6) is 0 Å². The molecule has 0 radical (unpaired) electrons. The largest absolute Gasteiger partial charge is 0.478 e. The fourth-order valence-electron chi connectivity index (χ4n) is 2.67. The Morgan fingerprint density at radius 1 is 1.32 bits per heavy atom. The zero-order valence-corrected chi connectivity index (χ0v) is 13.6. The Labute approximate surface area is 131 Å². The van der Waals surface area contributed by atoms with Gasteiger partial charge >= 0.3 is 5.97 Å². The molecule has 2 rings (SSSR count). The smallest absolute Gasteiger partial charge is 0.338 e. The summed E-state index contributed by atoms with van der Waals surface area (Å²) in [6, 6.07) is 0.180. The van der Waals surface area contributed by atoms with Gasteiger partial charge in [0.05, 0.1) is 17.8 Å². The SMILES string of the molecule is CC(C)(C)CCC(=O)N1CCC(n2cc(C(=O)O)cn2)CC1. The van der Waals surface area contributed by atoms with Crippen LogP contribution in [0.2, 0.25) is 0 Å². The summed E-state index contributed by atoms with van der Waals surface area (Å²) in [6.07, 6.45) is 6.09. The summed E-state index contributed by atoms with van der Waals surface area (Å²) in [5, 5.41) is 13.1. The minimum atomic E-state index is -0.957. The number of hydrogen-bond acceptors (Lipinski definition) is 3. The van der Waals surface area contributed by atoms with Gasteiger partial charge in [0.1, 0.15) is 0 Å². The number of hydrogen-bond donors (Lipinski definition) is 1. The van der Waals surface area contributed by atoms with Crippen molar-refractivity contribution in [1.82, 2.24) is 14.7 Å². The number of aromatic carboxylic acids is 1. The van der Waals surface area contributed by atoms with Crippen LogP contribution < -0.4 is 0 Å². The van der Waals surface area contributed by atoms with Crippen LogP contribution >= 0.6 is 0 Å². The quantitative estimate of drug-likeness (QED) is 0.927. The molecular weight excluding hydrogens is 282 g/mol. The maximum absolute atomic E-state index is 12.2. The molecule has 6 heteroatoms. The Hall–Kier alpha value is -1.85. The molecule has 1 fully saturated rings. The molecule has 2 heterocycles. The van der Waals surface area contributed by atoms with E-state index in [1.807, 2.05) is 4.90 Å². The molecule has 0 saturated carbocycles. The number of aromatic nitrogens is 2. The standard InChI is InChI=1S/C16H25N3O3/c1-16(2,3)7-4-14(20)18-8-5-13(6-9-18)19-11-12(10-17-19)15(21)22/h10-11,13H,4-9H2,1-3H3,(H,21,22). The summed E-state index contributed by atoms with van der Waals surface area (Å²) in [4.78, 5) is 25.0. The lowest BCUT2D eigenvalue weighted by Crippen LogP contribution is -2.39. The molecule has 122 valence electrons. The zero-order chi connectivity index (χ0) is 16.3. The first-order valence-corrected chi connectivity index (χ1v) is 7.81. The monoisotopic (exact) mass is 307 g/mol. The van der Waals surface area contributed by atoms with Gasteiger partial charge in [0, 0.05) is 25.7 Å². The summed E-state index contributed by atoms with van der Waals surface area (Å²) in [6.45, 7) is 7.87. The van der Waals surface area contributed by atoms with E-state index < -0.39 is 5.97 Å². The lowest BCUT2D eigenvalue weighted by Gasteiger charge is -2.32. The molecule has 22 heavy (non-hydrogen) atoms. The topological polar surface area (TPSA) is 75.4 Å². The Bertz CT molecular complexity index is 537. The molecule has 0 atom stereocenters. The van der Waals surface area contributed by atoms with Crippen LogP contribution in [0.15, 0.2) is 12.4 Å². The molecule has 1 aromatic heterocycles. The Balaban J connectivity index is 1.84. The molecule has 0 aromatic carbocycles. The van der Waals surface area contributed by atoms with Crippen molar-refractivity contribution in [3.8, 4) is 0 Å².